The van der Waals surface area contributed by atoms with Crippen LogP contribution in [0.15, 0.2) is 84.9 Å². The molecule has 150 valence electrons. The van der Waals surface area contributed by atoms with Gasteiger partial charge in [-0.15, -0.1) is 0 Å². The Morgan fingerprint density at radius 1 is 0.433 bits per heavy atom. The van der Waals surface area contributed by atoms with E-state index in [0.29, 0.717) is 0 Å². The van der Waals surface area contributed by atoms with Crippen LogP contribution in [0, 0.1) is 0 Å². The van der Waals surface area contributed by atoms with Crippen molar-refractivity contribution in [3.8, 4) is 48.4 Å². The van der Waals surface area contributed by atoms with Crippen LogP contribution in [0.1, 0.15) is 0 Å². The second-order valence-corrected chi connectivity index (χ2v) is 9.03. The van der Waals surface area contributed by atoms with Crippen LogP contribution < -0.4 is 14.2 Å². The molecule has 30 heavy (non-hydrogen) atoms. The zero-order valence-corrected chi connectivity index (χ0v) is 18.9. The molecule has 0 atom stereocenters. The number of methoxy groups -OCH3 is 3. The maximum atomic E-state index is 5.33. The Bertz CT molecular complexity index is 960. The second-order valence-electron chi connectivity index (χ2n) is 6.76. The number of hydrogen-bond donors (Lipinski definition) is 0. The Balaban J connectivity index is 1.83. The summed E-state index contributed by atoms with van der Waals surface area (Å²) in [6.07, 6.45) is 0. The van der Waals surface area contributed by atoms with Crippen molar-refractivity contribution in [2.24, 2.45) is 0 Å². The molecule has 1 aromatic heterocycles. The zero-order valence-electron chi connectivity index (χ0n) is 17.2. The molecule has 0 N–H and O–H groups in total. The Labute approximate surface area is 183 Å². The van der Waals surface area contributed by atoms with E-state index in [0.717, 1.165) is 17.2 Å². The standard InChI is InChI=1S/C26H23O3Se/c1-27-22-10-4-18(5-11-22)21-16-25(19-6-12-23(28-2)13-7-19)30-26(17-21)20-8-14-24(29-3)15-9-20/h4-17H,1-3H3/q+1. The summed E-state index contributed by atoms with van der Waals surface area (Å²) in [6.45, 7) is 0. The predicted molar refractivity (Wildman–Crippen MR) is 124 cm³/mol. The van der Waals surface area contributed by atoms with Gasteiger partial charge < -0.3 is 0 Å². The molecular weight excluding hydrogens is 439 g/mol. The van der Waals surface area contributed by atoms with Crippen LogP contribution in [0.3, 0.4) is 0 Å². The van der Waals surface area contributed by atoms with Gasteiger partial charge in [0.05, 0.1) is 0 Å². The van der Waals surface area contributed by atoms with Crippen molar-refractivity contribution in [1.29, 1.82) is 0 Å². The molecule has 0 aliphatic heterocycles. The van der Waals surface area contributed by atoms with Crippen molar-refractivity contribution in [2.45, 2.75) is 0 Å². The molecule has 3 aromatic carbocycles. The quantitative estimate of drug-likeness (QED) is 0.327. The molecule has 0 amide bonds. The summed E-state index contributed by atoms with van der Waals surface area (Å²) < 4.78 is 18.6. The summed E-state index contributed by atoms with van der Waals surface area (Å²) >= 11 is 0.180. The third-order valence-corrected chi connectivity index (χ3v) is 7.37. The van der Waals surface area contributed by atoms with E-state index >= 15 is 0 Å². The number of rotatable bonds is 6. The maximum absolute atomic E-state index is 5.33. The van der Waals surface area contributed by atoms with Crippen LogP contribution in [0.5, 0.6) is 17.2 Å². The van der Waals surface area contributed by atoms with E-state index in [1.165, 1.54) is 31.1 Å². The summed E-state index contributed by atoms with van der Waals surface area (Å²) in [5, 5.41) is 0. The Morgan fingerprint density at radius 3 is 1.10 bits per heavy atom. The van der Waals surface area contributed by atoms with Gasteiger partial charge >= 0.3 is 183 Å². The van der Waals surface area contributed by atoms with E-state index < -0.39 is 0 Å². The van der Waals surface area contributed by atoms with Gasteiger partial charge in [0.1, 0.15) is 0 Å². The van der Waals surface area contributed by atoms with Crippen LogP contribution in [-0.4, -0.2) is 35.8 Å². The minimum absolute atomic E-state index is 0.180. The molecule has 1 heterocycles. The normalized spacial score (nSPS) is 10.5. The molecule has 0 fully saturated rings. The first-order valence-electron chi connectivity index (χ1n) is 9.61. The Hall–Kier alpha value is -3.07. The SMILES string of the molecule is COc1ccc(-c2cc(-c3ccc(OC)cc3)[se+]c(-c3ccc(OC)cc3)c2)cc1. The van der Waals surface area contributed by atoms with Gasteiger partial charge in [0, 0.05) is 0 Å². The zero-order chi connectivity index (χ0) is 20.9. The fraction of sp³-hybridized carbons (Fsp3) is 0.115. The van der Waals surface area contributed by atoms with Crippen LogP contribution in [0.25, 0.3) is 31.1 Å². The average Bonchev–Trinajstić information content (AvgIpc) is 2.84. The molecule has 0 bridgehead atoms. The van der Waals surface area contributed by atoms with E-state index in [2.05, 4.69) is 48.5 Å². The summed E-state index contributed by atoms with van der Waals surface area (Å²) in [4.78, 5) is 0. The summed E-state index contributed by atoms with van der Waals surface area (Å²) in [5.41, 5.74) is 4.81. The number of benzene rings is 3. The molecule has 4 rings (SSSR count). The first-order valence-corrected chi connectivity index (χ1v) is 11.3. The summed E-state index contributed by atoms with van der Waals surface area (Å²) in [6, 6.07) is 29.4. The van der Waals surface area contributed by atoms with Gasteiger partial charge in [0.15, 0.2) is 0 Å². The third kappa shape index (κ3) is 4.40. The van der Waals surface area contributed by atoms with Gasteiger partial charge in [0.25, 0.3) is 0 Å². The van der Waals surface area contributed by atoms with E-state index in [4.69, 9.17) is 14.2 Å². The monoisotopic (exact) mass is 463 g/mol. The molecule has 0 saturated carbocycles. The number of ether oxygens (including phenoxy) is 3. The van der Waals surface area contributed by atoms with E-state index in [1.807, 2.05) is 36.4 Å². The molecule has 0 unspecified atom stereocenters. The molecule has 0 spiro atoms. The van der Waals surface area contributed by atoms with Crippen LogP contribution in [-0.2, 0) is 0 Å². The molecule has 0 aliphatic carbocycles. The van der Waals surface area contributed by atoms with Crippen molar-refractivity contribution >= 4 is 14.5 Å². The van der Waals surface area contributed by atoms with Gasteiger partial charge in [-0.1, -0.05) is 0 Å². The van der Waals surface area contributed by atoms with Crippen LogP contribution in [0.2, 0.25) is 0 Å². The van der Waals surface area contributed by atoms with Gasteiger partial charge in [-0.05, 0) is 0 Å². The van der Waals surface area contributed by atoms with Crippen molar-refractivity contribution < 1.29 is 14.2 Å². The molecule has 0 aliphatic rings. The molecule has 4 heteroatoms. The summed E-state index contributed by atoms with van der Waals surface area (Å²) in [7, 11) is 5.08. The van der Waals surface area contributed by atoms with Crippen molar-refractivity contribution in [3.05, 3.63) is 84.9 Å². The van der Waals surface area contributed by atoms with E-state index in [9.17, 15) is 0 Å². The van der Waals surface area contributed by atoms with Crippen LogP contribution >= 0.6 is 0 Å². The molecule has 0 saturated heterocycles. The second kappa shape index (κ2) is 9.17. The van der Waals surface area contributed by atoms with Crippen molar-refractivity contribution in [2.75, 3.05) is 21.3 Å². The van der Waals surface area contributed by atoms with Crippen molar-refractivity contribution in [3.63, 3.8) is 0 Å². The molecule has 3 nitrogen and oxygen atoms in total. The van der Waals surface area contributed by atoms with E-state index in [1.54, 1.807) is 21.3 Å². The Morgan fingerprint density at radius 2 is 0.767 bits per heavy atom. The number of hydrogen-bond acceptors (Lipinski definition) is 3. The van der Waals surface area contributed by atoms with Gasteiger partial charge in [-0.25, -0.2) is 0 Å². The molecular formula is C26H23O3Se+. The van der Waals surface area contributed by atoms with Gasteiger partial charge in [-0.3, -0.25) is 0 Å². The fourth-order valence-electron chi connectivity index (χ4n) is 3.25. The fourth-order valence-corrected chi connectivity index (χ4v) is 5.59. The van der Waals surface area contributed by atoms with Crippen LogP contribution in [0.4, 0.5) is 0 Å². The topological polar surface area (TPSA) is 27.7 Å². The third-order valence-electron chi connectivity index (χ3n) is 4.97. The molecule has 0 radical (unpaired) electrons. The Kier molecular flexibility index (Phi) is 6.18. The molecule has 4 aromatic rings. The minimum atomic E-state index is 0.180. The van der Waals surface area contributed by atoms with E-state index in [-0.39, 0.29) is 14.5 Å². The first kappa shape index (κ1) is 20.2. The van der Waals surface area contributed by atoms with Gasteiger partial charge in [0.2, 0.25) is 0 Å². The van der Waals surface area contributed by atoms with Crippen molar-refractivity contribution in [1.82, 2.24) is 0 Å². The summed E-state index contributed by atoms with van der Waals surface area (Å²) in [5.74, 6) is 2.60. The average molecular weight is 462 g/mol. The first-order chi connectivity index (χ1) is 14.7. The predicted octanol–water partition coefficient (Wildman–Crippen LogP) is 6.05. The van der Waals surface area contributed by atoms with Gasteiger partial charge in [-0.2, -0.15) is 0 Å².